The molecule has 1 N–H and O–H groups in total. The molecule has 152 valence electrons. The second-order valence-corrected chi connectivity index (χ2v) is 8.30. The number of sulfone groups is 1. The van der Waals surface area contributed by atoms with Crippen LogP contribution < -0.4 is 5.32 Å². The van der Waals surface area contributed by atoms with Crippen molar-refractivity contribution in [3.05, 3.63) is 71.3 Å². The molecule has 0 aliphatic heterocycles. The van der Waals surface area contributed by atoms with E-state index in [1.165, 1.54) is 12.1 Å². The average Bonchev–Trinajstić information content (AvgIpc) is 2.69. The van der Waals surface area contributed by atoms with Gasteiger partial charge in [0.25, 0.3) is 11.8 Å². The third-order valence-corrected chi connectivity index (χ3v) is 5.53. The number of rotatable bonds is 7. The van der Waals surface area contributed by atoms with Crippen LogP contribution in [0.3, 0.4) is 0 Å². The van der Waals surface area contributed by atoms with E-state index in [9.17, 15) is 26.8 Å². The van der Waals surface area contributed by atoms with Crippen molar-refractivity contribution in [3.63, 3.8) is 0 Å². The largest absolute Gasteiger partial charge is 0.339 e. The molecule has 0 unspecified atom stereocenters. The molecule has 2 amide bonds. The zero-order chi connectivity index (χ0) is 21.6. The Labute approximate surface area is 166 Å². The fraction of sp³-hybridized carbons (Fsp3) is 0.211. The van der Waals surface area contributed by atoms with Crippen molar-refractivity contribution in [1.82, 2.24) is 10.2 Å². The van der Waals surface area contributed by atoms with Gasteiger partial charge in [-0.25, -0.2) is 17.2 Å². The molecule has 2 aromatic carbocycles. The highest BCUT2D eigenvalue weighted by Gasteiger charge is 2.30. The predicted molar refractivity (Wildman–Crippen MR) is 99.9 cm³/mol. The molecule has 0 saturated carbocycles. The number of nitrogens with one attached hydrogen (secondary N) is 1. The van der Waals surface area contributed by atoms with Gasteiger partial charge in [0.15, 0.2) is 27.7 Å². The number of carbonyl (C=O) groups is 2. The standard InChI is InChI=1S/C19H17F2N3O4S/c1-24(12-22)19(26)17(23-18(25)14-5-3-2-4-6-14)11-29(27,28)10-13-7-8-15(20)16(21)9-13/h2-9,17H,10-11H2,1H3,(H,23,25)/t17-/m0/s1. The lowest BCUT2D eigenvalue weighted by Gasteiger charge is -2.20. The Kier molecular flexibility index (Phi) is 7.01. The van der Waals surface area contributed by atoms with Crippen molar-refractivity contribution < 1.29 is 26.8 Å². The molecule has 0 aromatic heterocycles. The van der Waals surface area contributed by atoms with Gasteiger partial charge >= 0.3 is 0 Å². The SMILES string of the molecule is CN(C#N)C(=O)[C@H](CS(=O)(=O)Cc1ccc(F)c(F)c1)NC(=O)c1ccccc1. The van der Waals surface area contributed by atoms with Crippen molar-refractivity contribution in [3.8, 4) is 6.19 Å². The van der Waals surface area contributed by atoms with Crippen LogP contribution in [0.5, 0.6) is 0 Å². The number of hydrogen-bond donors (Lipinski definition) is 1. The molecule has 0 radical (unpaired) electrons. The topological polar surface area (TPSA) is 107 Å². The van der Waals surface area contributed by atoms with E-state index in [2.05, 4.69) is 5.32 Å². The Balaban J connectivity index is 2.23. The molecule has 0 bridgehead atoms. The molecule has 0 heterocycles. The van der Waals surface area contributed by atoms with E-state index in [0.717, 1.165) is 25.2 Å². The Morgan fingerprint density at radius 3 is 2.38 bits per heavy atom. The van der Waals surface area contributed by atoms with Gasteiger partial charge in [0, 0.05) is 12.6 Å². The van der Waals surface area contributed by atoms with E-state index in [1.807, 2.05) is 0 Å². The van der Waals surface area contributed by atoms with Crippen LogP contribution in [0.25, 0.3) is 0 Å². The minimum Gasteiger partial charge on any atom is -0.339 e. The first-order chi connectivity index (χ1) is 13.6. The normalized spacial score (nSPS) is 11.9. The van der Waals surface area contributed by atoms with Gasteiger partial charge in [-0.2, -0.15) is 5.26 Å². The van der Waals surface area contributed by atoms with Crippen LogP contribution in [0.4, 0.5) is 8.78 Å². The monoisotopic (exact) mass is 421 g/mol. The van der Waals surface area contributed by atoms with Gasteiger partial charge in [0.2, 0.25) is 0 Å². The summed E-state index contributed by atoms with van der Waals surface area (Å²) < 4.78 is 51.4. The lowest BCUT2D eigenvalue weighted by Crippen LogP contribution is -2.50. The average molecular weight is 421 g/mol. The summed E-state index contributed by atoms with van der Waals surface area (Å²) in [4.78, 5) is 25.3. The minimum atomic E-state index is -4.04. The van der Waals surface area contributed by atoms with E-state index in [1.54, 1.807) is 24.4 Å². The molecule has 1 atom stereocenters. The number of amides is 2. The fourth-order valence-electron chi connectivity index (χ4n) is 2.49. The fourth-order valence-corrected chi connectivity index (χ4v) is 4.02. The van der Waals surface area contributed by atoms with Crippen LogP contribution >= 0.6 is 0 Å². The van der Waals surface area contributed by atoms with Crippen molar-refractivity contribution in [1.29, 1.82) is 5.26 Å². The molecule has 0 saturated heterocycles. The van der Waals surface area contributed by atoms with Crippen molar-refractivity contribution >= 4 is 21.7 Å². The summed E-state index contributed by atoms with van der Waals surface area (Å²) in [7, 11) is -2.91. The highest BCUT2D eigenvalue weighted by Crippen LogP contribution is 2.13. The van der Waals surface area contributed by atoms with Crippen LogP contribution in [-0.2, 0) is 20.4 Å². The third-order valence-electron chi connectivity index (χ3n) is 3.91. The highest BCUT2D eigenvalue weighted by atomic mass is 32.2. The first-order valence-corrected chi connectivity index (χ1v) is 10.1. The summed E-state index contributed by atoms with van der Waals surface area (Å²) in [5, 5.41) is 11.2. The van der Waals surface area contributed by atoms with Gasteiger partial charge in [-0.05, 0) is 29.8 Å². The molecular formula is C19H17F2N3O4S. The van der Waals surface area contributed by atoms with Crippen LogP contribution in [0.2, 0.25) is 0 Å². The minimum absolute atomic E-state index is 0.0156. The molecule has 0 spiro atoms. The molecule has 29 heavy (non-hydrogen) atoms. The predicted octanol–water partition coefficient (Wildman–Crippen LogP) is 1.62. The van der Waals surface area contributed by atoms with Crippen LogP contribution in [0, 0.1) is 23.1 Å². The summed E-state index contributed by atoms with van der Waals surface area (Å²) in [5.41, 5.74) is 0.182. The Morgan fingerprint density at radius 1 is 1.14 bits per heavy atom. The number of nitriles is 1. The Bertz CT molecular complexity index is 1050. The number of halogens is 2. The second kappa shape index (κ2) is 9.25. The van der Waals surface area contributed by atoms with E-state index < -0.39 is 50.8 Å². The van der Waals surface area contributed by atoms with E-state index in [0.29, 0.717) is 4.90 Å². The van der Waals surface area contributed by atoms with E-state index >= 15 is 0 Å². The molecule has 7 nitrogen and oxygen atoms in total. The molecule has 0 aliphatic carbocycles. The van der Waals surface area contributed by atoms with Crippen LogP contribution in [-0.4, -0.2) is 44.0 Å². The summed E-state index contributed by atoms with van der Waals surface area (Å²) >= 11 is 0. The molecule has 2 rings (SSSR count). The van der Waals surface area contributed by atoms with Gasteiger partial charge < -0.3 is 5.32 Å². The maximum absolute atomic E-state index is 13.3. The van der Waals surface area contributed by atoms with Gasteiger partial charge in [0.05, 0.1) is 11.5 Å². The quantitative estimate of drug-likeness (QED) is 0.540. The molecule has 2 aromatic rings. The van der Waals surface area contributed by atoms with Gasteiger partial charge in [-0.3, -0.25) is 14.5 Å². The van der Waals surface area contributed by atoms with Crippen LogP contribution in [0.15, 0.2) is 48.5 Å². The Hall–Kier alpha value is -3.32. The summed E-state index contributed by atoms with van der Waals surface area (Å²) in [6.45, 7) is 0. The number of nitrogens with zero attached hydrogens (tertiary/aromatic N) is 2. The third kappa shape index (κ3) is 6.08. The van der Waals surface area contributed by atoms with Crippen molar-refractivity contribution in [2.24, 2.45) is 0 Å². The van der Waals surface area contributed by atoms with Gasteiger partial charge in [-0.15, -0.1) is 0 Å². The summed E-state index contributed by atoms with van der Waals surface area (Å²) in [6.07, 6.45) is 1.55. The zero-order valence-electron chi connectivity index (χ0n) is 15.3. The number of benzene rings is 2. The van der Waals surface area contributed by atoms with Crippen LogP contribution in [0.1, 0.15) is 15.9 Å². The second-order valence-electron chi connectivity index (χ2n) is 6.19. The van der Waals surface area contributed by atoms with Gasteiger partial charge in [0.1, 0.15) is 6.04 Å². The summed E-state index contributed by atoms with van der Waals surface area (Å²) in [6, 6.07) is 8.91. The maximum Gasteiger partial charge on any atom is 0.258 e. The lowest BCUT2D eigenvalue weighted by molar-refractivity contribution is -0.128. The molecule has 0 fully saturated rings. The molecule has 0 aliphatic rings. The summed E-state index contributed by atoms with van der Waals surface area (Å²) in [5.74, 6) is -5.44. The molecule has 10 heteroatoms. The van der Waals surface area contributed by atoms with Crippen molar-refractivity contribution in [2.75, 3.05) is 12.8 Å². The lowest BCUT2D eigenvalue weighted by atomic mass is 10.2. The molecular weight excluding hydrogens is 404 g/mol. The number of carbonyl (C=O) groups excluding carboxylic acids is 2. The first kappa shape index (κ1) is 22.0. The smallest absolute Gasteiger partial charge is 0.258 e. The van der Waals surface area contributed by atoms with E-state index in [4.69, 9.17) is 5.26 Å². The van der Waals surface area contributed by atoms with E-state index in [-0.39, 0.29) is 11.1 Å². The maximum atomic E-state index is 13.3. The van der Waals surface area contributed by atoms with Crippen molar-refractivity contribution in [2.45, 2.75) is 11.8 Å². The zero-order valence-corrected chi connectivity index (χ0v) is 16.1. The number of hydrogen-bond acceptors (Lipinski definition) is 5. The first-order valence-electron chi connectivity index (χ1n) is 8.30. The Morgan fingerprint density at radius 2 is 1.79 bits per heavy atom. The number of likely N-dealkylation sites (N-methyl/N-ethyl adjacent to an activating group) is 1. The highest BCUT2D eigenvalue weighted by molar-refractivity contribution is 7.90. The van der Waals surface area contributed by atoms with Gasteiger partial charge in [-0.1, -0.05) is 24.3 Å².